The van der Waals surface area contributed by atoms with Crippen molar-refractivity contribution in [2.75, 3.05) is 14.1 Å². The maximum atomic E-state index is 9.44. The van der Waals surface area contributed by atoms with Crippen molar-refractivity contribution >= 4 is 0 Å². The van der Waals surface area contributed by atoms with Gasteiger partial charge in [0.25, 0.3) is 0 Å². The van der Waals surface area contributed by atoms with Gasteiger partial charge in [-0.15, -0.1) is 6.58 Å². The topological polar surface area (TPSA) is 27.5 Å². The fourth-order valence-electron chi connectivity index (χ4n) is 0. The van der Waals surface area contributed by atoms with Crippen LogP contribution >= 0.6 is 0 Å². The normalized spacial score (nSPS) is 7.00. The molecule has 1 N–H and O–H groups in total. The predicted octanol–water partition coefficient (Wildman–Crippen LogP) is -0.179. The summed E-state index contributed by atoms with van der Waals surface area (Å²) >= 11 is 0. The molecule has 0 saturated heterocycles. The fraction of sp³-hybridized carbons (Fsp3) is 0.600. The predicted molar refractivity (Wildman–Crippen MR) is 32.0 cm³/mol. The number of nitrogens with one attached hydrogen (secondary N) is 1. The first kappa shape index (κ1) is 9.83. The molecule has 0 unspecified atom stereocenters. The van der Waals surface area contributed by atoms with Gasteiger partial charge < -0.3 is 10.3 Å². The van der Waals surface area contributed by atoms with Crippen LogP contribution in [0.3, 0.4) is 0 Å². The van der Waals surface area contributed by atoms with Gasteiger partial charge in [0.1, 0.15) is 0 Å². The van der Waals surface area contributed by atoms with Gasteiger partial charge in [0, 0.05) is 0 Å². The van der Waals surface area contributed by atoms with Crippen LogP contribution in [0.4, 0.5) is 0 Å². The summed E-state index contributed by atoms with van der Waals surface area (Å²) in [6.07, 6.45) is 1.75. The summed E-state index contributed by atoms with van der Waals surface area (Å²) < 4.78 is 0. The van der Waals surface area contributed by atoms with Gasteiger partial charge in [-0.25, -0.2) is 0 Å². The van der Waals surface area contributed by atoms with E-state index in [1.54, 1.807) is 6.08 Å². The molecule has 0 rings (SSSR count). The fourth-order valence-corrected chi connectivity index (χ4v) is 0. The number of quaternary nitrogens is 1. The van der Waals surface area contributed by atoms with E-state index in [4.69, 9.17) is 0 Å². The first-order valence-electron chi connectivity index (χ1n) is 2.19. The molecule has 44 valence electrons. The Labute approximate surface area is 45.0 Å². The van der Waals surface area contributed by atoms with Gasteiger partial charge in [0.2, 0.25) is 0 Å². The standard InChI is InChI=1S/C3H6.C2H7NO/c1-3-2;1-3(2)4/h3H,1H2,2H3;3H,1-2H3. The molecule has 0 spiro atoms. The molecule has 2 nitrogen and oxygen atoms in total. The van der Waals surface area contributed by atoms with Crippen molar-refractivity contribution in [1.82, 2.24) is 0 Å². The molecule has 0 amide bonds. The third-order valence-corrected chi connectivity index (χ3v) is 0. The molecule has 0 saturated carbocycles. The second-order valence-corrected chi connectivity index (χ2v) is 1.32. The Hall–Kier alpha value is -0.340. The van der Waals surface area contributed by atoms with Crippen molar-refractivity contribution in [2.24, 2.45) is 0 Å². The lowest BCUT2D eigenvalue weighted by atomic mass is 10.8. The molecule has 0 fully saturated rings. The third-order valence-electron chi connectivity index (χ3n) is 0. The van der Waals surface area contributed by atoms with Crippen LogP contribution in [0.5, 0.6) is 0 Å². The van der Waals surface area contributed by atoms with Gasteiger partial charge in [-0.3, -0.25) is 0 Å². The molecular formula is C5H13NO. The summed E-state index contributed by atoms with van der Waals surface area (Å²) in [7, 11) is 3.06. The lowest BCUT2D eigenvalue weighted by molar-refractivity contribution is -0.802. The van der Waals surface area contributed by atoms with E-state index in [0.717, 1.165) is 0 Å². The Balaban J connectivity index is 0. The summed E-state index contributed by atoms with van der Waals surface area (Å²) in [5.41, 5.74) is 0. The van der Waals surface area contributed by atoms with Crippen LogP contribution in [-0.2, 0) is 0 Å². The zero-order valence-electron chi connectivity index (χ0n) is 5.19. The van der Waals surface area contributed by atoms with E-state index in [1.807, 2.05) is 6.92 Å². The van der Waals surface area contributed by atoms with E-state index in [0.29, 0.717) is 0 Å². The molecule has 0 aromatic carbocycles. The quantitative estimate of drug-likeness (QED) is 0.334. The molecular weight excluding hydrogens is 90.1 g/mol. The van der Waals surface area contributed by atoms with Crippen molar-refractivity contribution < 1.29 is 5.06 Å². The van der Waals surface area contributed by atoms with E-state index < -0.39 is 0 Å². The van der Waals surface area contributed by atoms with Crippen LogP contribution in [0.15, 0.2) is 12.7 Å². The number of allylic oxidation sites excluding steroid dienone is 1. The van der Waals surface area contributed by atoms with Crippen molar-refractivity contribution in [3.63, 3.8) is 0 Å². The molecule has 0 aromatic heterocycles. The number of hydroxylamine groups is 2. The molecule has 0 aromatic rings. The van der Waals surface area contributed by atoms with Gasteiger partial charge in [0.05, 0.1) is 14.1 Å². The highest BCUT2D eigenvalue weighted by Gasteiger charge is 1.49. The van der Waals surface area contributed by atoms with E-state index in [2.05, 4.69) is 6.58 Å². The van der Waals surface area contributed by atoms with Crippen LogP contribution in [-0.4, -0.2) is 14.1 Å². The first-order valence-corrected chi connectivity index (χ1v) is 2.19. The summed E-state index contributed by atoms with van der Waals surface area (Å²) in [5, 5.41) is 9.61. The molecule has 0 aliphatic carbocycles. The number of rotatable bonds is 0. The van der Waals surface area contributed by atoms with Gasteiger partial charge in [-0.1, -0.05) is 6.08 Å². The van der Waals surface area contributed by atoms with Gasteiger partial charge in [-0.05, 0) is 6.92 Å². The lowest BCUT2D eigenvalue weighted by Crippen LogP contribution is -3.00. The Morgan fingerprint density at radius 2 is 1.57 bits per heavy atom. The molecule has 0 aliphatic heterocycles. The zero-order chi connectivity index (χ0) is 6.28. The number of hydrogen-bond acceptors (Lipinski definition) is 1. The molecule has 0 bridgehead atoms. The highest BCUT2D eigenvalue weighted by atomic mass is 16.5. The van der Waals surface area contributed by atoms with Crippen molar-refractivity contribution in [1.29, 1.82) is 0 Å². The highest BCUT2D eigenvalue weighted by molar-refractivity contribution is 4.51. The number of hydrogen-bond donors (Lipinski definition) is 1. The summed E-state index contributed by atoms with van der Waals surface area (Å²) in [6.45, 7) is 5.25. The summed E-state index contributed by atoms with van der Waals surface area (Å²) in [4.78, 5) is 0. The Bertz CT molecular complexity index is 32.3. The second kappa shape index (κ2) is 9.18. The monoisotopic (exact) mass is 103 g/mol. The van der Waals surface area contributed by atoms with Gasteiger partial charge in [-0.2, -0.15) is 0 Å². The Morgan fingerprint density at radius 3 is 1.57 bits per heavy atom. The van der Waals surface area contributed by atoms with Crippen LogP contribution in [0.25, 0.3) is 0 Å². The Kier molecular flexibility index (Phi) is 12.9. The van der Waals surface area contributed by atoms with Crippen molar-refractivity contribution in [3.05, 3.63) is 17.9 Å². The average molecular weight is 103 g/mol. The minimum absolute atomic E-state index is 0.167. The largest absolute Gasteiger partial charge is 0.635 e. The van der Waals surface area contributed by atoms with Gasteiger partial charge >= 0.3 is 0 Å². The summed E-state index contributed by atoms with van der Waals surface area (Å²) in [6, 6.07) is 0. The maximum absolute atomic E-state index is 9.44. The minimum atomic E-state index is 0.167. The minimum Gasteiger partial charge on any atom is -0.635 e. The van der Waals surface area contributed by atoms with Crippen LogP contribution < -0.4 is 5.06 Å². The second-order valence-electron chi connectivity index (χ2n) is 1.32. The third kappa shape index (κ3) is 656. The van der Waals surface area contributed by atoms with Crippen LogP contribution in [0.1, 0.15) is 6.92 Å². The van der Waals surface area contributed by atoms with Crippen LogP contribution in [0.2, 0.25) is 0 Å². The zero-order valence-corrected chi connectivity index (χ0v) is 5.19. The molecule has 7 heavy (non-hydrogen) atoms. The summed E-state index contributed by atoms with van der Waals surface area (Å²) in [5.74, 6) is 0. The SMILES string of the molecule is C=CC.C[NH+](C)[O-]. The smallest absolute Gasteiger partial charge is 0.0660 e. The van der Waals surface area contributed by atoms with Crippen LogP contribution in [0, 0.1) is 5.21 Å². The van der Waals surface area contributed by atoms with E-state index in [1.165, 1.54) is 14.1 Å². The maximum Gasteiger partial charge on any atom is 0.0660 e. The molecule has 0 radical (unpaired) electrons. The van der Waals surface area contributed by atoms with Crippen molar-refractivity contribution in [3.8, 4) is 0 Å². The highest BCUT2D eigenvalue weighted by Crippen LogP contribution is 1.38. The van der Waals surface area contributed by atoms with Gasteiger partial charge in [0.15, 0.2) is 0 Å². The van der Waals surface area contributed by atoms with E-state index in [-0.39, 0.29) is 5.06 Å². The molecule has 0 heterocycles. The molecule has 2 heteroatoms. The Morgan fingerprint density at radius 1 is 1.57 bits per heavy atom. The molecule has 0 aliphatic rings. The lowest BCUT2D eigenvalue weighted by Gasteiger charge is -2.04. The average Bonchev–Trinajstić information content (AvgIpc) is 1.33. The van der Waals surface area contributed by atoms with E-state index in [9.17, 15) is 5.21 Å². The van der Waals surface area contributed by atoms with E-state index >= 15 is 0 Å². The first-order chi connectivity index (χ1) is 3.15. The van der Waals surface area contributed by atoms with Crippen molar-refractivity contribution in [2.45, 2.75) is 6.92 Å². The molecule has 0 atom stereocenters.